The maximum Gasteiger partial charge on any atom is 0.251 e. The summed E-state index contributed by atoms with van der Waals surface area (Å²) in [5, 5.41) is 6.06. The molecule has 0 radical (unpaired) electrons. The van der Waals surface area contributed by atoms with Gasteiger partial charge in [-0.2, -0.15) is 4.31 Å². The van der Waals surface area contributed by atoms with Gasteiger partial charge in [0.1, 0.15) is 0 Å². The summed E-state index contributed by atoms with van der Waals surface area (Å²) in [5.74, 6) is -0.230. The predicted octanol–water partition coefficient (Wildman–Crippen LogP) is 1.90. The third-order valence-corrected chi connectivity index (χ3v) is 6.32. The number of carbonyl (C=O) groups excluding carboxylic acids is 1. The van der Waals surface area contributed by atoms with E-state index in [4.69, 9.17) is 0 Å². The number of carbonyl (C=O) groups is 1. The fourth-order valence-electron chi connectivity index (χ4n) is 2.92. The molecule has 6 nitrogen and oxygen atoms in total. The van der Waals surface area contributed by atoms with Crippen molar-refractivity contribution in [2.45, 2.75) is 44.4 Å². The van der Waals surface area contributed by atoms with Crippen molar-refractivity contribution in [3.05, 3.63) is 29.3 Å². The number of benzene rings is 1. The molecular formula is C18H29N3O3S. The van der Waals surface area contributed by atoms with Crippen LogP contribution in [-0.4, -0.2) is 51.4 Å². The van der Waals surface area contributed by atoms with Gasteiger partial charge in [-0.1, -0.05) is 19.4 Å². The first kappa shape index (κ1) is 19.9. The molecule has 1 saturated heterocycles. The fraction of sp³-hybridized carbons (Fsp3) is 0.611. The van der Waals surface area contributed by atoms with Crippen LogP contribution in [0.2, 0.25) is 0 Å². The molecule has 1 amide bonds. The molecule has 1 fully saturated rings. The minimum absolute atomic E-state index is 0.203. The van der Waals surface area contributed by atoms with Crippen LogP contribution in [0.4, 0.5) is 0 Å². The van der Waals surface area contributed by atoms with Crippen molar-refractivity contribution in [3.8, 4) is 0 Å². The van der Waals surface area contributed by atoms with E-state index < -0.39 is 10.0 Å². The quantitative estimate of drug-likeness (QED) is 0.688. The first-order valence-corrected chi connectivity index (χ1v) is 10.5. The molecule has 140 valence electrons. The number of nitrogens with one attached hydrogen (secondary N) is 2. The van der Waals surface area contributed by atoms with E-state index in [9.17, 15) is 13.2 Å². The van der Waals surface area contributed by atoms with Gasteiger partial charge < -0.3 is 10.6 Å². The molecule has 1 aliphatic rings. The second kappa shape index (κ2) is 9.31. The summed E-state index contributed by atoms with van der Waals surface area (Å²) >= 11 is 0. The number of amides is 1. The van der Waals surface area contributed by atoms with Crippen molar-refractivity contribution in [1.82, 2.24) is 14.9 Å². The van der Waals surface area contributed by atoms with Crippen LogP contribution < -0.4 is 10.6 Å². The summed E-state index contributed by atoms with van der Waals surface area (Å²) in [5.41, 5.74) is 1.20. The lowest BCUT2D eigenvalue weighted by atomic mass is 10.1. The Bertz CT molecular complexity index is 683. The highest BCUT2D eigenvalue weighted by Crippen LogP contribution is 2.22. The van der Waals surface area contributed by atoms with E-state index in [1.807, 2.05) is 6.92 Å². The minimum Gasteiger partial charge on any atom is -0.351 e. The third-order valence-electron chi connectivity index (χ3n) is 4.42. The maximum atomic E-state index is 12.8. The minimum atomic E-state index is -3.53. The highest BCUT2D eigenvalue weighted by molar-refractivity contribution is 7.89. The number of rotatable bonds is 8. The van der Waals surface area contributed by atoms with Gasteiger partial charge in [-0.05, 0) is 50.4 Å². The van der Waals surface area contributed by atoms with E-state index >= 15 is 0 Å². The van der Waals surface area contributed by atoms with Crippen LogP contribution in [0.25, 0.3) is 0 Å². The van der Waals surface area contributed by atoms with Crippen molar-refractivity contribution >= 4 is 15.9 Å². The molecule has 0 spiro atoms. The zero-order valence-corrected chi connectivity index (χ0v) is 16.0. The third kappa shape index (κ3) is 5.26. The molecule has 0 saturated carbocycles. The lowest BCUT2D eigenvalue weighted by Crippen LogP contribution is -2.36. The van der Waals surface area contributed by atoms with E-state index in [1.165, 1.54) is 10.4 Å². The van der Waals surface area contributed by atoms with Crippen LogP contribution in [-0.2, 0) is 10.0 Å². The second-order valence-corrected chi connectivity index (χ2v) is 8.39. The van der Waals surface area contributed by atoms with Gasteiger partial charge in [-0.15, -0.1) is 0 Å². The fourth-order valence-corrected chi connectivity index (χ4v) is 4.47. The van der Waals surface area contributed by atoms with Gasteiger partial charge >= 0.3 is 0 Å². The van der Waals surface area contributed by atoms with Gasteiger partial charge in [0, 0.05) is 31.7 Å². The average molecular weight is 368 g/mol. The summed E-state index contributed by atoms with van der Waals surface area (Å²) < 4.78 is 27.1. The molecule has 2 rings (SSSR count). The standard InChI is InChI=1S/C18H29N3O3S/c1-3-9-19-10-11-20-18(22)17-14-16(8-7-15(17)2)25(23,24)21-12-5-4-6-13-21/h7-8,14,19H,3-6,9-13H2,1-2H3,(H,20,22). The number of sulfonamides is 1. The number of nitrogens with zero attached hydrogens (tertiary/aromatic N) is 1. The molecule has 1 heterocycles. The Kier molecular flexibility index (Phi) is 7.40. The van der Waals surface area contributed by atoms with E-state index in [2.05, 4.69) is 17.6 Å². The Balaban J connectivity index is 2.09. The summed E-state index contributed by atoms with van der Waals surface area (Å²) in [7, 11) is -3.53. The topological polar surface area (TPSA) is 78.5 Å². The zero-order chi connectivity index (χ0) is 18.3. The van der Waals surface area contributed by atoms with Gasteiger partial charge in [0.05, 0.1) is 4.90 Å². The van der Waals surface area contributed by atoms with Gasteiger partial charge in [0.2, 0.25) is 10.0 Å². The molecule has 1 aliphatic heterocycles. The molecule has 1 aromatic rings. The van der Waals surface area contributed by atoms with E-state index in [0.29, 0.717) is 31.7 Å². The lowest BCUT2D eigenvalue weighted by Gasteiger charge is -2.26. The summed E-state index contributed by atoms with van der Waals surface area (Å²) in [6.45, 7) is 7.15. The number of piperidine rings is 1. The smallest absolute Gasteiger partial charge is 0.251 e. The van der Waals surface area contributed by atoms with Crippen molar-refractivity contribution in [2.24, 2.45) is 0 Å². The van der Waals surface area contributed by atoms with Gasteiger partial charge in [0.25, 0.3) is 5.91 Å². The van der Waals surface area contributed by atoms with Crippen LogP contribution in [0, 0.1) is 6.92 Å². The largest absolute Gasteiger partial charge is 0.351 e. The summed E-state index contributed by atoms with van der Waals surface area (Å²) in [6, 6.07) is 4.81. The van der Waals surface area contributed by atoms with Gasteiger partial charge in [0.15, 0.2) is 0 Å². The molecular weight excluding hydrogens is 338 g/mol. The first-order valence-electron chi connectivity index (χ1n) is 9.06. The monoisotopic (exact) mass is 367 g/mol. The molecule has 0 atom stereocenters. The Morgan fingerprint density at radius 2 is 1.84 bits per heavy atom. The molecule has 2 N–H and O–H groups in total. The number of hydrogen-bond donors (Lipinski definition) is 2. The molecule has 0 bridgehead atoms. The molecule has 1 aromatic carbocycles. The second-order valence-electron chi connectivity index (χ2n) is 6.45. The number of hydrogen-bond acceptors (Lipinski definition) is 4. The normalized spacial score (nSPS) is 15.9. The highest BCUT2D eigenvalue weighted by Gasteiger charge is 2.26. The van der Waals surface area contributed by atoms with Crippen molar-refractivity contribution in [2.75, 3.05) is 32.7 Å². The molecule has 0 aliphatic carbocycles. The van der Waals surface area contributed by atoms with Crippen molar-refractivity contribution in [1.29, 1.82) is 0 Å². The van der Waals surface area contributed by atoms with E-state index in [-0.39, 0.29) is 10.8 Å². The zero-order valence-electron chi connectivity index (χ0n) is 15.2. The molecule has 25 heavy (non-hydrogen) atoms. The van der Waals surface area contributed by atoms with Crippen LogP contribution in [0.5, 0.6) is 0 Å². The predicted molar refractivity (Wildman–Crippen MR) is 99.3 cm³/mol. The average Bonchev–Trinajstić information content (AvgIpc) is 2.62. The number of aryl methyl sites for hydroxylation is 1. The molecule has 0 unspecified atom stereocenters. The van der Waals surface area contributed by atoms with Gasteiger partial charge in [-0.25, -0.2) is 8.42 Å². The van der Waals surface area contributed by atoms with Crippen LogP contribution in [0.1, 0.15) is 48.5 Å². The SMILES string of the molecule is CCCNCCNC(=O)c1cc(S(=O)(=O)N2CCCCC2)ccc1C. The van der Waals surface area contributed by atoms with Crippen LogP contribution in [0.3, 0.4) is 0 Å². The Morgan fingerprint density at radius 3 is 2.52 bits per heavy atom. The van der Waals surface area contributed by atoms with Crippen LogP contribution >= 0.6 is 0 Å². The Hall–Kier alpha value is -1.44. The van der Waals surface area contributed by atoms with Crippen molar-refractivity contribution < 1.29 is 13.2 Å². The summed E-state index contributed by atoms with van der Waals surface area (Å²) in [6.07, 6.45) is 3.90. The van der Waals surface area contributed by atoms with E-state index in [0.717, 1.165) is 37.8 Å². The molecule has 7 heteroatoms. The first-order chi connectivity index (χ1) is 12.0. The summed E-state index contributed by atoms with van der Waals surface area (Å²) in [4.78, 5) is 12.6. The van der Waals surface area contributed by atoms with Crippen molar-refractivity contribution in [3.63, 3.8) is 0 Å². The Morgan fingerprint density at radius 1 is 1.12 bits per heavy atom. The van der Waals surface area contributed by atoms with E-state index in [1.54, 1.807) is 12.1 Å². The molecule has 0 aromatic heterocycles. The highest BCUT2D eigenvalue weighted by atomic mass is 32.2. The Labute approximate surface area is 151 Å². The van der Waals surface area contributed by atoms with Gasteiger partial charge in [-0.3, -0.25) is 4.79 Å². The maximum absolute atomic E-state index is 12.8. The lowest BCUT2D eigenvalue weighted by molar-refractivity contribution is 0.0953. The van der Waals surface area contributed by atoms with Crippen LogP contribution in [0.15, 0.2) is 23.1 Å².